The second kappa shape index (κ2) is 6.33. The predicted molar refractivity (Wildman–Crippen MR) is 75.5 cm³/mol. The number of nitrogens with one attached hydrogen (secondary N) is 2. The molecule has 0 aliphatic heterocycles. The van der Waals surface area contributed by atoms with Crippen molar-refractivity contribution in [2.75, 3.05) is 17.2 Å². The molecule has 0 bridgehead atoms. The first kappa shape index (κ1) is 13.5. The number of hydrogen-bond donors (Lipinski definition) is 2. The first-order chi connectivity index (χ1) is 9.19. The number of anilines is 3. The molecule has 1 aromatic carbocycles. The van der Waals surface area contributed by atoms with Crippen molar-refractivity contribution in [3.63, 3.8) is 0 Å². The summed E-state index contributed by atoms with van der Waals surface area (Å²) in [7, 11) is 0. The van der Waals surface area contributed by atoms with E-state index < -0.39 is 5.82 Å². The number of benzene rings is 1. The van der Waals surface area contributed by atoms with Crippen LogP contribution in [0.15, 0.2) is 30.6 Å². The van der Waals surface area contributed by atoms with Crippen LogP contribution in [0.2, 0.25) is 5.02 Å². The van der Waals surface area contributed by atoms with E-state index in [1.165, 1.54) is 12.3 Å². The zero-order valence-electron chi connectivity index (χ0n) is 10.5. The van der Waals surface area contributed by atoms with Gasteiger partial charge in [0.15, 0.2) is 5.82 Å². The summed E-state index contributed by atoms with van der Waals surface area (Å²) in [5.74, 6) is 0.699. The maximum atomic E-state index is 13.6. The molecule has 4 nitrogen and oxygen atoms in total. The smallest absolute Gasteiger partial charge is 0.151 e. The average molecular weight is 281 g/mol. The molecule has 0 aliphatic rings. The largest absolute Gasteiger partial charge is 0.369 e. The molecule has 0 atom stereocenters. The molecule has 1 aromatic heterocycles. The lowest BCUT2D eigenvalue weighted by Gasteiger charge is -2.09. The van der Waals surface area contributed by atoms with Crippen molar-refractivity contribution in [3.05, 3.63) is 41.4 Å². The molecule has 100 valence electrons. The fourth-order valence-electron chi connectivity index (χ4n) is 1.49. The van der Waals surface area contributed by atoms with Gasteiger partial charge in [-0.2, -0.15) is 0 Å². The van der Waals surface area contributed by atoms with Crippen molar-refractivity contribution < 1.29 is 4.39 Å². The van der Waals surface area contributed by atoms with Crippen LogP contribution in [-0.2, 0) is 0 Å². The first-order valence-corrected chi connectivity index (χ1v) is 6.35. The quantitative estimate of drug-likeness (QED) is 0.874. The Labute approximate surface area is 116 Å². The van der Waals surface area contributed by atoms with Gasteiger partial charge in [-0.25, -0.2) is 9.37 Å². The number of aromatic nitrogens is 2. The summed E-state index contributed by atoms with van der Waals surface area (Å²) >= 11 is 5.70. The third kappa shape index (κ3) is 3.79. The van der Waals surface area contributed by atoms with Crippen LogP contribution in [0.3, 0.4) is 0 Å². The lowest BCUT2D eigenvalue weighted by molar-refractivity contribution is 0.632. The third-order valence-corrected chi connectivity index (χ3v) is 2.62. The summed E-state index contributed by atoms with van der Waals surface area (Å²) in [5, 5.41) is 6.34. The molecule has 2 N–H and O–H groups in total. The molecule has 0 aliphatic carbocycles. The van der Waals surface area contributed by atoms with Crippen molar-refractivity contribution in [1.29, 1.82) is 0 Å². The van der Waals surface area contributed by atoms with Crippen LogP contribution in [0.25, 0.3) is 0 Å². The van der Waals surface area contributed by atoms with Gasteiger partial charge in [-0.1, -0.05) is 18.5 Å². The van der Waals surface area contributed by atoms with Gasteiger partial charge in [0.05, 0.1) is 18.1 Å². The van der Waals surface area contributed by atoms with Crippen molar-refractivity contribution >= 4 is 28.9 Å². The number of halogens is 2. The van der Waals surface area contributed by atoms with E-state index in [1.807, 2.05) is 0 Å². The maximum Gasteiger partial charge on any atom is 0.151 e. The van der Waals surface area contributed by atoms with Crippen molar-refractivity contribution in [2.24, 2.45) is 0 Å². The van der Waals surface area contributed by atoms with Gasteiger partial charge in [0.1, 0.15) is 11.6 Å². The second-order valence-corrected chi connectivity index (χ2v) is 4.40. The molecule has 0 amide bonds. The van der Waals surface area contributed by atoms with Crippen LogP contribution in [-0.4, -0.2) is 16.5 Å². The Kier molecular flexibility index (Phi) is 4.52. The number of hydrogen-bond acceptors (Lipinski definition) is 4. The van der Waals surface area contributed by atoms with Crippen LogP contribution in [0.1, 0.15) is 13.3 Å². The van der Waals surface area contributed by atoms with Crippen LogP contribution >= 0.6 is 11.6 Å². The summed E-state index contributed by atoms with van der Waals surface area (Å²) < 4.78 is 13.6. The van der Waals surface area contributed by atoms with E-state index in [1.54, 1.807) is 18.3 Å². The topological polar surface area (TPSA) is 49.8 Å². The van der Waals surface area contributed by atoms with Crippen LogP contribution in [0, 0.1) is 5.82 Å². The molecule has 0 radical (unpaired) electrons. The van der Waals surface area contributed by atoms with E-state index in [0.29, 0.717) is 22.3 Å². The van der Waals surface area contributed by atoms with Gasteiger partial charge in [0.2, 0.25) is 0 Å². The summed E-state index contributed by atoms with van der Waals surface area (Å²) in [5.41, 5.74) is 0.311. The van der Waals surface area contributed by atoms with E-state index in [2.05, 4.69) is 27.5 Å². The Morgan fingerprint density at radius 2 is 2.05 bits per heavy atom. The zero-order valence-corrected chi connectivity index (χ0v) is 11.2. The normalized spacial score (nSPS) is 10.3. The highest BCUT2D eigenvalue weighted by molar-refractivity contribution is 6.30. The summed E-state index contributed by atoms with van der Waals surface area (Å²) in [6.45, 7) is 2.87. The van der Waals surface area contributed by atoms with Crippen LogP contribution in [0.5, 0.6) is 0 Å². The van der Waals surface area contributed by atoms with E-state index in [9.17, 15) is 4.39 Å². The predicted octanol–water partition coefficient (Wildman–Crippen LogP) is 3.83. The van der Waals surface area contributed by atoms with Gasteiger partial charge in [0.25, 0.3) is 0 Å². The minimum atomic E-state index is -0.429. The molecule has 1 heterocycles. The van der Waals surface area contributed by atoms with Gasteiger partial charge in [-0.3, -0.25) is 4.98 Å². The molecule has 0 saturated heterocycles. The minimum absolute atomic E-state index is 0.311. The molecule has 0 saturated carbocycles. The highest BCUT2D eigenvalue weighted by Gasteiger charge is 2.05. The molecule has 19 heavy (non-hydrogen) atoms. The fourth-order valence-corrected chi connectivity index (χ4v) is 1.65. The fraction of sp³-hybridized carbons (Fsp3) is 0.231. The summed E-state index contributed by atoms with van der Waals surface area (Å²) in [4.78, 5) is 8.33. The number of rotatable bonds is 5. The summed E-state index contributed by atoms with van der Waals surface area (Å²) in [6.07, 6.45) is 4.15. The van der Waals surface area contributed by atoms with Crippen molar-refractivity contribution in [1.82, 2.24) is 9.97 Å². The monoisotopic (exact) mass is 280 g/mol. The maximum absolute atomic E-state index is 13.6. The van der Waals surface area contributed by atoms with E-state index in [-0.39, 0.29) is 0 Å². The summed E-state index contributed by atoms with van der Waals surface area (Å²) in [6, 6.07) is 4.42. The first-order valence-electron chi connectivity index (χ1n) is 5.97. The Morgan fingerprint density at radius 3 is 2.79 bits per heavy atom. The van der Waals surface area contributed by atoms with Crippen LogP contribution < -0.4 is 10.6 Å². The zero-order chi connectivity index (χ0) is 13.7. The Bertz CT molecular complexity index is 562. The molecule has 0 spiro atoms. The van der Waals surface area contributed by atoms with Gasteiger partial charge in [0, 0.05) is 11.6 Å². The van der Waals surface area contributed by atoms with Gasteiger partial charge in [-0.05, 0) is 24.6 Å². The molecular weight excluding hydrogens is 267 g/mol. The van der Waals surface area contributed by atoms with Crippen molar-refractivity contribution in [3.8, 4) is 0 Å². The minimum Gasteiger partial charge on any atom is -0.369 e. The van der Waals surface area contributed by atoms with E-state index in [0.717, 1.165) is 13.0 Å². The highest BCUT2D eigenvalue weighted by Crippen LogP contribution is 2.22. The standard InChI is InChI=1S/C13H14ClFN4/c1-2-5-17-12-7-16-8-13(19-12)18-11-4-3-9(14)6-10(11)15/h3-4,6-8H,2,5H2,1H3,(H2,17,18,19). The third-order valence-electron chi connectivity index (χ3n) is 2.38. The molecule has 2 rings (SSSR count). The molecule has 2 aromatic rings. The van der Waals surface area contributed by atoms with E-state index in [4.69, 9.17) is 11.6 Å². The Hall–Kier alpha value is -1.88. The highest BCUT2D eigenvalue weighted by atomic mass is 35.5. The lowest BCUT2D eigenvalue weighted by atomic mass is 10.3. The molecular formula is C13H14ClFN4. The number of nitrogens with zero attached hydrogens (tertiary/aromatic N) is 2. The second-order valence-electron chi connectivity index (χ2n) is 3.97. The van der Waals surface area contributed by atoms with Gasteiger partial charge in [-0.15, -0.1) is 0 Å². The van der Waals surface area contributed by atoms with Gasteiger partial charge >= 0.3 is 0 Å². The molecule has 6 heteroatoms. The van der Waals surface area contributed by atoms with E-state index >= 15 is 0 Å². The average Bonchev–Trinajstić information content (AvgIpc) is 2.40. The Morgan fingerprint density at radius 1 is 1.26 bits per heavy atom. The Balaban J connectivity index is 2.14. The van der Waals surface area contributed by atoms with Crippen LogP contribution in [0.4, 0.5) is 21.7 Å². The molecule has 0 unspecified atom stereocenters. The molecule has 0 fully saturated rings. The van der Waals surface area contributed by atoms with Crippen molar-refractivity contribution in [2.45, 2.75) is 13.3 Å². The SMILES string of the molecule is CCCNc1cncc(Nc2ccc(Cl)cc2F)n1. The lowest BCUT2D eigenvalue weighted by Crippen LogP contribution is -2.04. The van der Waals surface area contributed by atoms with Gasteiger partial charge < -0.3 is 10.6 Å².